The van der Waals surface area contributed by atoms with Crippen LogP contribution in [-0.2, 0) is 9.47 Å². The largest absolute Gasteiger partial charge is 0.374 e. The van der Waals surface area contributed by atoms with Gasteiger partial charge in [0.2, 0.25) is 0 Å². The number of rotatable bonds is 6. The molecule has 0 radical (unpaired) electrons. The molecule has 2 N–H and O–H groups in total. The van der Waals surface area contributed by atoms with Gasteiger partial charge in [0.05, 0.1) is 16.8 Å². The summed E-state index contributed by atoms with van der Waals surface area (Å²) >= 11 is 0. The van der Waals surface area contributed by atoms with Gasteiger partial charge in [-0.2, -0.15) is 0 Å². The molecule has 3 nitrogen and oxygen atoms in total. The Bertz CT molecular complexity index is 295. The Balaban J connectivity index is 3.00. The van der Waals surface area contributed by atoms with Gasteiger partial charge in [-0.15, -0.1) is 0 Å². The van der Waals surface area contributed by atoms with E-state index in [9.17, 15) is 0 Å². The van der Waals surface area contributed by atoms with Gasteiger partial charge < -0.3 is 15.2 Å². The molecule has 1 rings (SSSR count). The smallest absolute Gasteiger partial charge is 0.0831 e. The van der Waals surface area contributed by atoms with Gasteiger partial charge in [-0.05, 0) is 53.9 Å². The van der Waals surface area contributed by atoms with Gasteiger partial charge in [0.25, 0.3) is 0 Å². The van der Waals surface area contributed by atoms with Crippen LogP contribution in [0.15, 0.2) is 0 Å². The molecule has 1 fully saturated rings. The molecule has 1 saturated heterocycles. The molecule has 0 spiro atoms. The summed E-state index contributed by atoms with van der Waals surface area (Å²) in [6, 6.07) is 0.0132. The van der Waals surface area contributed by atoms with Crippen molar-refractivity contribution in [3.63, 3.8) is 0 Å². The van der Waals surface area contributed by atoms with Crippen LogP contribution in [-0.4, -0.2) is 29.5 Å². The van der Waals surface area contributed by atoms with Gasteiger partial charge in [0.1, 0.15) is 0 Å². The molecule has 114 valence electrons. The van der Waals surface area contributed by atoms with Crippen LogP contribution in [0.1, 0.15) is 67.7 Å². The summed E-state index contributed by atoms with van der Waals surface area (Å²) < 4.78 is 12.3. The molecule has 1 heterocycles. The summed E-state index contributed by atoms with van der Waals surface area (Å²) in [7, 11) is 0. The van der Waals surface area contributed by atoms with Crippen molar-refractivity contribution in [1.29, 1.82) is 0 Å². The fraction of sp³-hybridized carbons (Fsp3) is 1.00. The van der Waals surface area contributed by atoms with Gasteiger partial charge in [-0.1, -0.05) is 13.8 Å². The first-order chi connectivity index (χ1) is 8.64. The summed E-state index contributed by atoms with van der Waals surface area (Å²) in [6.07, 6.45) is 2.90. The first-order valence-electron chi connectivity index (χ1n) is 7.74. The van der Waals surface area contributed by atoms with E-state index < -0.39 is 0 Å². The third-order valence-electron chi connectivity index (χ3n) is 4.81. The second kappa shape index (κ2) is 5.71. The zero-order valence-corrected chi connectivity index (χ0v) is 13.9. The highest BCUT2D eigenvalue weighted by atomic mass is 16.5. The van der Waals surface area contributed by atoms with Crippen molar-refractivity contribution in [1.82, 2.24) is 0 Å². The molecule has 0 amide bonds. The Morgan fingerprint density at radius 1 is 1.21 bits per heavy atom. The Morgan fingerprint density at radius 3 is 2.05 bits per heavy atom. The third-order valence-corrected chi connectivity index (χ3v) is 4.81. The summed E-state index contributed by atoms with van der Waals surface area (Å²) in [5.74, 6) is 0.328. The average molecular weight is 271 g/mol. The Morgan fingerprint density at radius 2 is 1.74 bits per heavy atom. The van der Waals surface area contributed by atoms with Gasteiger partial charge >= 0.3 is 0 Å². The van der Waals surface area contributed by atoms with Crippen LogP contribution in [0.4, 0.5) is 0 Å². The number of ether oxygens (including phenoxy) is 2. The van der Waals surface area contributed by atoms with E-state index in [-0.39, 0.29) is 22.8 Å². The molecule has 2 atom stereocenters. The Labute approximate surface area is 119 Å². The lowest BCUT2D eigenvalue weighted by atomic mass is 9.73. The van der Waals surface area contributed by atoms with Crippen LogP contribution in [0.5, 0.6) is 0 Å². The van der Waals surface area contributed by atoms with Gasteiger partial charge in [-0.3, -0.25) is 0 Å². The van der Waals surface area contributed by atoms with Gasteiger partial charge in [0, 0.05) is 18.6 Å². The highest BCUT2D eigenvalue weighted by Crippen LogP contribution is 2.46. The lowest BCUT2D eigenvalue weighted by Crippen LogP contribution is -2.57. The van der Waals surface area contributed by atoms with E-state index in [0.29, 0.717) is 12.5 Å². The third kappa shape index (κ3) is 3.32. The highest BCUT2D eigenvalue weighted by molar-refractivity contribution is 5.05. The van der Waals surface area contributed by atoms with Crippen molar-refractivity contribution < 1.29 is 9.47 Å². The lowest BCUT2D eigenvalue weighted by Gasteiger charge is -2.43. The van der Waals surface area contributed by atoms with Crippen molar-refractivity contribution in [3.8, 4) is 0 Å². The van der Waals surface area contributed by atoms with Crippen LogP contribution >= 0.6 is 0 Å². The molecule has 1 aliphatic heterocycles. The van der Waals surface area contributed by atoms with Crippen molar-refractivity contribution in [2.45, 2.75) is 90.6 Å². The quantitative estimate of drug-likeness (QED) is 0.804. The molecule has 0 aromatic heterocycles. The summed E-state index contributed by atoms with van der Waals surface area (Å²) in [6.45, 7) is 15.7. The topological polar surface area (TPSA) is 44.5 Å². The molecule has 3 heteroatoms. The van der Waals surface area contributed by atoms with Gasteiger partial charge in [-0.25, -0.2) is 0 Å². The molecule has 0 aliphatic carbocycles. The molecular formula is C16H33NO2. The standard InChI is InChI=1S/C16H33NO2/c1-8-16(9-2,18-10-3)13(17)12-11-14(4,5)19-15(12,6)7/h12-13H,8-11,17H2,1-7H3. The number of hydrogen-bond donors (Lipinski definition) is 1. The lowest BCUT2D eigenvalue weighted by molar-refractivity contribution is -0.108. The van der Waals surface area contributed by atoms with Gasteiger partial charge in [0.15, 0.2) is 0 Å². The van der Waals surface area contributed by atoms with Crippen LogP contribution in [0.3, 0.4) is 0 Å². The van der Waals surface area contributed by atoms with Crippen molar-refractivity contribution >= 4 is 0 Å². The Hall–Kier alpha value is -0.120. The predicted molar refractivity (Wildman–Crippen MR) is 80.3 cm³/mol. The fourth-order valence-corrected chi connectivity index (χ4v) is 3.84. The first kappa shape index (κ1) is 16.9. The maximum absolute atomic E-state index is 6.66. The monoisotopic (exact) mass is 271 g/mol. The SMILES string of the molecule is CCOC(CC)(CC)C(N)C1CC(C)(C)OC1(C)C. The van der Waals surface area contributed by atoms with E-state index in [1.165, 1.54) is 0 Å². The zero-order chi connectivity index (χ0) is 14.9. The highest BCUT2D eigenvalue weighted by Gasteiger charge is 2.52. The molecule has 19 heavy (non-hydrogen) atoms. The minimum atomic E-state index is -0.222. The predicted octanol–water partition coefficient (Wildman–Crippen LogP) is 3.50. The maximum atomic E-state index is 6.66. The van der Waals surface area contributed by atoms with Crippen molar-refractivity contribution in [2.75, 3.05) is 6.61 Å². The average Bonchev–Trinajstić information content (AvgIpc) is 2.53. The molecule has 1 aliphatic rings. The minimum absolute atomic E-state index is 0.0132. The van der Waals surface area contributed by atoms with Crippen LogP contribution in [0.2, 0.25) is 0 Å². The van der Waals surface area contributed by atoms with Crippen LogP contribution < -0.4 is 5.73 Å². The normalized spacial score (nSPS) is 27.5. The molecule has 0 aromatic carbocycles. The summed E-state index contributed by atoms with van der Waals surface area (Å²) in [5.41, 5.74) is 6.16. The summed E-state index contributed by atoms with van der Waals surface area (Å²) in [4.78, 5) is 0. The van der Waals surface area contributed by atoms with Crippen molar-refractivity contribution in [3.05, 3.63) is 0 Å². The van der Waals surface area contributed by atoms with E-state index in [2.05, 4.69) is 41.5 Å². The maximum Gasteiger partial charge on any atom is 0.0831 e. The van der Waals surface area contributed by atoms with Crippen LogP contribution in [0, 0.1) is 5.92 Å². The second-order valence-electron chi connectivity index (χ2n) is 7.01. The number of hydrogen-bond acceptors (Lipinski definition) is 3. The summed E-state index contributed by atoms with van der Waals surface area (Å²) in [5, 5.41) is 0. The van der Waals surface area contributed by atoms with Crippen LogP contribution in [0.25, 0.3) is 0 Å². The van der Waals surface area contributed by atoms with Crippen molar-refractivity contribution in [2.24, 2.45) is 11.7 Å². The van der Waals surface area contributed by atoms with E-state index in [0.717, 1.165) is 19.3 Å². The molecule has 0 aromatic rings. The number of nitrogens with two attached hydrogens (primary N) is 1. The molecule has 0 saturated carbocycles. The minimum Gasteiger partial charge on any atom is -0.374 e. The molecule has 0 bridgehead atoms. The van der Waals surface area contributed by atoms with E-state index in [4.69, 9.17) is 15.2 Å². The second-order valence-corrected chi connectivity index (χ2v) is 7.01. The van der Waals surface area contributed by atoms with E-state index in [1.807, 2.05) is 6.92 Å². The Kier molecular flexibility index (Phi) is 5.09. The molecule has 2 unspecified atom stereocenters. The van der Waals surface area contributed by atoms with E-state index >= 15 is 0 Å². The fourth-order valence-electron chi connectivity index (χ4n) is 3.84. The molecular weight excluding hydrogens is 238 g/mol. The van der Waals surface area contributed by atoms with E-state index in [1.54, 1.807) is 0 Å². The zero-order valence-electron chi connectivity index (χ0n) is 13.9. The first-order valence-corrected chi connectivity index (χ1v) is 7.74.